The fraction of sp³-hybridized carbons (Fsp3) is 0.375. The smallest absolute Gasteiger partial charge is 0.272 e. The average molecular weight is 332 g/mol. The molecule has 1 fully saturated rings. The molecule has 126 valence electrons. The second kappa shape index (κ2) is 6.48. The summed E-state index contributed by atoms with van der Waals surface area (Å²) in [6, 6.07) is 2.29. The summed E-state index contributed by atoms with van der Waals surface area (Å²) in [5, 5.41) is 0. The number of rotatable bonds is 2. The first kappa shape index (κ1) is 16.3. The molecule has 1 aliphatic heterocycles. The third-order valence-electron chi connectivity index (χ3n) is 3.91. The van der Waals surface area contributed by atoms with Crippen LogP contribution in [0.3, 0.4) is 0 Å². The molecule has 1 aromatic carbocycles. The Balaban J connectivity index is 1.83. The third kappa shape index (κ3) is 3.18. The van der Waals surface area contributed by atoms with E-state index in [4.69, 9.17) is 4.74 Å². The maximum Gasteiger partial charge on any atom is 0.272 e. The van der Waals surface area contributed by atoms with Crippen molar-refractivity contribution in [2.45, 2.75) is 32.8 Å². The van der Waals surface area contributed by atoms with Crippen molar-refractivity contribution >= 4 is 22.8 Å². The standard InChI is InChI=1S/C16H17FN4O3/c1-8-9(2)19-14-11(6-10(17)7-12(14)18-8)15(22)20-21-16(23)13-4-3-5-24-13/h6-7,13H,3-5H2,1-2H3,(H,20,22)(H,21,23). The predicted molar refractivity (Wildman–Crippen MR) is 83.6 cm³/mol. The zero-order chi connectivity index (χ0) is 17.3. The highest BCUT2D eigenvalue weighted by atomic mass is 19.1. The lowest BCUT2D eigenvalue weighted by molar-refractivity contribution is -0.130. The first-order chi connectivity index (χ1) is 11.5. The molecule has 0 saturated carbocycles. The zero-order valence-corrected chi connectivity index (χ0v) is 13.4. The largest absolute Gasteiger partial charge is 0.368 e. The third-order valence-corrected chi connectivity index (χ3v) is 3.91. The van der Waals surface area contributed by atoms with E-state index in [0.717, 1.165) is 12.5 Å². The van der Waals surface area contributed by atoms with Gasteiger partial charge < -0.3 is 4.74 Å². The van der Waals surface area contributed by atoms with Gasteiger partial charge in [-0.25, -0.2) is 14.4 Å². The van der Waals surface area contributed by atoms with E-state index in [-0.39, 0.29) is 16.6 Å². The summed E-state index contributed by atoms with van der Waals surface area (Å²) >= 11 is 0. The normalized spacial score (nSPS) is 17.0. The molecule has 24 heavy (non-hydrogen) atoms. The van der Waals surface area contributed by atoms with Crippen LogP contribution in [-0.2, 0) is 9.53 Å². The zero-order valence-electron chi connectivity index (χ0n) is 13.4. The topological polar surface area (TPSA) is 93.2 Å². The number of halogens is 1. The van der Waals surface area contributed by atoms with E-state index in [2.05, 4.69) is 20.8 Å². The van der Waals surface area contributed by atoms with Crippen molar-refractivity contribution in [1.29, 1.82) is 0 Å². The van der Waals surface area contributed by atoms with Crippen molar-refractivity contribution in [2.75, 3.05) is 6.61 Å². The molecule has 1 unspecified atom stereocenters. The minimum Gasteiger partial charge on any atom is -0.368 e. The molecule has 1 aliphatic rings. The number of benzene rings is 1. The summed E-state index contributed by atoms with van der Waals surface area (Å²) in [5.74, 6) is -1.70. The Morgan fingerprint density at radius 1 is 1.21 bits per heavy atom. The molecule has 0 spiro atoms. The van der Waals surface area contributed by atoms with E-state index in [1.54, 1.807) is 13.8 Å². The van der Waals surface area contributed by atoms with Gasteiger partial charge in [-0.05, 0) is 32.8 Å². The maximum atomic E-state index is 13.8. The average Bonchev–Trinajstić information content (AvgIpc) is 3.07. The summed E-state index contributed by atoms with van der Waals surface area (Å²) in [6.07, 6.45) is 0.836. The van der Waals surface area contributed by atoms with Crippen LogP contribution in [0.1, 0.15) is 34.6 Å². The lowest BCUT2D eigenvalue weighted by atomic mass is 10.1. The monoisotopic (exact) mass is 332 g/mol. The number of carbonyl (C=O) groups is 2. The van der Waals surface area contributed by atoms with Gasteiger partial charge in [0.15, 0.2) is 0 Å². The second-order valence-electron chi connectivity index (χ2n) is 5.66. The van der Waals surface area contributed by atoms with Gasteiger partial charge in [0.25, 0.3) is 11.8 Å². The summed E-state index contributed by atoms with van der Waals surface area (Å²) in [4.78, 5) is 32.7. The Bertz CT molecular complexity index is 819. The molecule has 2 heterocycles. The molecular weight excluding hydrogens is 315 g/mol. The van der Waals surface area contributed by atoms with E-state index in [1.807, 2.05) is 0 Å². The van der Waals surface area contributed by atoms with Gasteiger partial charge in [-0.15, -0.1) is 0 Å². The maximum absolute atomic E-state index is 13.8. The molecule has 2 aromatic rings. The molecule has 2 amide bonds. The van der Waals surface area contributed by atoms with Crippen LogP contribution in [0.4, 0.5) is 4.39 Å². The van der Waals surface area contributed by atoms with Gasteiger partial charge >= 0.3 is 0 Å². The Morgan fingerprint density at radius 2 is 1.96 bits per heavy atom. The van der Waals surface area contributed by atoms with Gasteiger partial charge in [0.1, 0.15) is 17.4 Å². The lowest BCUT2D eigenvalue weighted by Crippen LogP contribution is -2.46. The number of hydrazine groups is 1. The first-order valence-electron chi connectivity index (χ1n) is 7.62. The van der Waals surface area contributed by atoms with Crippen molar-refractivity contribution in [1.82, 2.24) is 20.8 Å². The number of hydrogen-bond donors (Lipinski definition) is 2. The number of aromatic nitrogens is 2. The van der Waals surface area contributed by atoms with Crippen LogP contribution in [0, 0.1) is 19.7 Å². The van der Waals surface area contributed by atoms with E-state index < -0.39 is 23.7 Å². The van der Waals surface area contributed by atoms with Crippen LogP contribution in [0.15, 0.2) is 12.1 Å². The highest BCUT2D eigenvalue weighted by Crippen LogP contribution is 2.19. The lowest BCUT2D eigenvalue weighted by Gasteiger charge is -2.12. The molecule has 2 N–H and O–H groups in total. The molecule has 8 heteroatoms. The number of nitrogens with zero attached hydrogens (tertiary/aromatic N) is 2. The Hall–Kier alpha value is -2.61. The molecule has 0 radical (unpaired) electrons. The fourth-order valence-corrected chi connectivity index (χ4v) is 2.52. The van der Waals surface area contributed by atoms with Crippen LogP contribution in [0.25, 0.3) is 11.0 Å². The number of fused-ring (bicyclic) bond motifs is 1. The number of hydrogen-bond acceptors (Lipinski definition) is 5. The van der Waals surface area contributed by atoms with E-state index in [0.29, 0.717) is 24.4 Å². The Kier molecular flexibility index (Phi) is 4.39. The highest BCUT2D eigenvalue weighted by molar-refractivity contribution is 6.05. The van der Waals surface area contributed by atoms with Gasteiger partial charge in [-0.1, -0.05) is 0 Å². The fourth-order valence-electron chi connectivity index (χ4n) is 2.52. The van der Waals surface area contributed by atoms with Crippen LogP contribution >= 0.6 is 0 Å². The highest BCUT2D eigenvalue weighted by Gasteiger charge is 2.24. The summed E-state index contributed by atoms with van der Waals surface area (Å²) in [7, 11) is 0. The number of ether oxygens (including phenoxy) is 1. The Labute approximate surface area is 137 Å². The molecule has 1 aromatic heterocycles. The van der Waals surface area contributed by atoms with Crippen molar-refractivity contribution < 1.29 is 18.7 Å². The summed E-state index contributed by atoms with van der Waals surface area (Å²) < 4.78 is 19.0. The van der Waals surface area contributed by atoms with Gasteiger partial charge in [0, 0.05) is 12.7 Å². The van der Waals surface area contributed by atoms with Crippen molar-refractivity contribution in [3.8, 4) is 0 Å². The van der Waals surface area contributed by atoms with Crippen molar-refractivity contribution in [2.24, 2.45) is 0 Å². The second-order valence-corrected chi connectivity index (χ2v) is 5.66. The quantitative estimate of drug-likeness (QED) is 0.809. The van der Waals surface area contributed by atoms with Gasteiger partial charge in [-0.3, -0.25) is 20.4 Å². The van der Waals surface area contributed by atoms with Crippen molar-refractivity contribution in [3.63, 3.8) is 0 Å². The van der Waals surface area contributed by atoms with Crippen LogP contribution < -0.4 is 10.9 Å². The Morgan fingerprint density at radius 3 is 2.67 bits per heavy atom. The van der Waals surface area contributed by atoms with E-state index in [9.17, 15) is 14.0 Å². The molecule has 7 nitrogen and oxygen atoms in total. The molecule has 0 aliphatic carbocycles. The van der Waals surface area contributed by atoms with Crippen LogP contribution in [0.2, 0.25) is 0 Å². The van der Waals surface area contributed by atoms with Crippen molar-refractivity contribution in [3.05, 3.63) is 34.9 Å². The van der Waals surface area contributed by atoms with E-state index in [1.165, 1.54) is 6.07 Å². The van der Waals surface area contributed by atoms with Crippen LogP contribution in [0.5, 0.6) is 0 Å². The van der Waals surface area contributed by atoms with Gasteiger partial charge in [-0.2, -0.15) is 0 Å². The molecule has 0 bridgehead atoms. The molecule has 1 saturated heterocycles. The van der Waals surface area contributed by atoms with Crippen LogP contribution in [-0.4, -0.2) is 34.5 Å². The van der Waals surface area contributed by atoms with E-state index >= 15 is 0 Å². The van der Waals surface area contributed by atoms with Gasteiger partial charge in [0.2, 0.25) is 0 Å². The first-order valence-corrected chi connectivity index (χ1v) is 7.62. The molecule has 1 atom stereocenters. The SMILES string of the molecule is Cc1nc2cc(F)cc(C(=O)NNC(=O)C3CCCO3)c2nc1C. The number of aryl methyl sites for hydroxylation is 2. The molecular formula is C16H17FN4O3. The minimum atomic E-state index is -0.664. The summed E-state index contributed by atoms with van der Waals surface area (Å²) in [6.45, 7) is 4.04. The van der Waals surface area contributed by atoms with Gasteiger partial charge in [0.05, 0.1) is 22.5 Å². The minimum absolute atomic E-state index is 0.00763. The summed E-state index contributed by atoms with van der Waals surface area (Å²) in [5.41, 5.74) is 6.45. The number of amides is 2. The molecule has 3 rings (SSSR count). The predicted octanol–water partition coefficient (Wildman–Crippen LogP) is 1.33. The number of nitrogens with one attached hydrogen (secondary N) is 2. The number of carbonyl (C=O) groups excluding carboxylic acids is 2.